The molecule has 0 amide bonds. The Kier molecular flexibility index (Phi) is 1.63. The highest BCUT2D eigenvalue weighted by Gasteiger charge is 1.92. The average molecular weight is 126 g/mol. The second kappa shape index (κ2) is 2.44. The van der Waals surface area contributed by atoms with E-state index < -0.39 is 5.95 Å². The summed E-state index contributed by atoms with van der Waals surface area (Å²) in [6.07, 6.45) is 0. The summed E-state index contributed by atoms with van der Waals surface area (Å²) < 4.78 is 16.7. The number of hydrogen-bond acceptors (Lipinski definition) is 2. The minimum atomic E-state index is -0.575. The Morgan fingerprint density at radius 2 is 2.44 bits per heavy atom. The smallest absolute Gasteiger partial charge is 0.216 e. The van der Waals surface area contributed by atoms with Crippen LogP contribution >= 0.6 is 0 Å². The van der Waals surface area contributed by atoms with Crippen LogP contribution in [-0.4, -0.2) is 12.1 Å². The van der Waals surface area contributed by atoms with E-state index in [1.165, 1.54) is 13.2 Å². The lowest BCUT2D eigenvalue weighted by molar-refractivity contribution is 0.387. The third-order valence-electron chi connectivity index (χ3n) is 0.835. The number of rotatable bonds is 1. The number of ether oxygens (including phenoxy) is 1. The van der Waals surface area contributed by atoms with Crippen molar-refractivity contribution in [1.29, 1.82) is 0 Å². The predicted molar refractivity (Wildman–Crippen MR) is 29.6 cm³/mol. The van der Waals surface area contributed by atoms with Gasteiger partial charge in [-0.1, -0.05) is 0 Å². The van der Waals surface area contributed by atoms with Crippen LogP contribution in [0.3, 0.4) is 0 Å². The average Bonchev–Trinajstić information content (AvgIpc) is 1.88. The molecule has 0 fully saturated rings. The summed E-state index contributed by atoms with van der Waals surface area (Å²) >= 11 is 0. The van der Waals surface area contributed by atoms with E-state index >= 15 is 0 Å². The van der Waals surface area contributed by atoms with Gasteiger partial charge in [-0.25, -0.2) is 0 Å². The maximum Gasteiger partial charge on any atom is 0.216 e. The number of methoxy groups -OCH3 is 1. The molecule has 9 heavy (non-hydrogen) atoms. The zero-order valence-corrected chi connectivity index (χ0v) is 4.89. The number of nitrogens with zero attached hydrogens (tertiary/aromatic N) is 1. The molecule has 0 atom stereocenters. The summed E-state index contributed by atoms with van der Waals surface area (Å²) in [7, 11) is 1.43. The van der Waals surface area contributed by atoms with Gasteiger partial charge in [0.05, 0.1) is 7.11 Å². The van der Waals surface area contributed by atoms with Crippen LogP contribution < -0.4 is 4.74 Å². The summed E-state index contributed by atoms with van der Waals surface area (Å²) in [6, 6.07) is 5.12. The first-order valence-corrected chi connectivity index (χ1v) is 2.40. The van der Waals surface area contributed by atoms with Crippen molar-refractivity contribution in [1.82, 2.24) is 4.98 Å². The molecule has 1 aromatic rings. The molecule has 0 aliphatic carbocycles. The third kappa shape index (κ3) is 1.38. The second-order valence-electron chi connectivity index (χ2n) is 1.43. The molecule has 1 rings (SSSR count). The maximum absolute atomic E-state index is 12.1. The largest absolute Gasteiger partial charge is 0.481 e. The van der Waals surface area contributed by atoms with Gasteiger partial charge in [0, 0.05) is 12.1 Å². The lowest BCUT2D eigenvalue weighted by atomic mass is 10.5. The first kappa shape index (κ1) is 6.01. The van der Waals surface area contributed by atoms with E-state index in [-0.39, 0.29) is 5.88 Å². The van der Waals surface area contributed by atoms with Crippen molar-refractivity contribution in [2.45, 2.75) is 0 Å². The lowest BCUT2D eigenvalue weighted by Gasteiger charge is -1.94. The molecule has 0 unspecified atom stereocenters. The molecule has 0 bridgehead atoms. The minimum absolute atomic E-state index is 0.245. The van der Waals surface area contributed by atoms with Crippen LogP contribution in [0.25, 0.3) is 0 Å². The van der Waals surface area contributed by atoms with Crippen molar-refractivity contribution in [2.24, 2.45) is 0 Å². The van der Waals surface area contributed by atoms with E-state index in [9.17, 15) is 4.39 Å². The molecule has 0 saturated carbocycles. The molecule has 1 heterocycles. The molecule has 0 aliphatic rings. The van der Waals surface area contributed by atoms with E-state index in [0.717, 1.165) is 6.07 Å². The number of halogens is 1. The van der Waals surface area contributed by atoms with Gasteiger partial charge >= 0.3 is 0 Å². The van der Waals surface area contributed by atoms with Crippen molar-refractivity contribution in [3.05, 3.63) is 24.1 Å². The quantitative estimate of drug-likeness (QED) is 0.524. The summed E-state index contributed by atoms with van der Waals surface area (Å²) in [5.41, 5.74) is 0. The topological polar surface area (TPSA) is 22.1 Å². The van der Waals surface area contributed by atoms with Gasteiger partial charge in [-0.3, -0.25) is 0 Å². The van der Waals surface area contributed by atoms with Gasteiger partial charge in [0.15, 0.2) is 0 Å². The molecule has 47 valence electrons. The van der Waals surface area contributed by atoms with Crippen LogP contribution in [0.5, 0.6) is 5.88 Å². The third-order valence-corrected chi connectivity index (χ3v) is 0.835. The summed E-state index contributed by atoms with van der Waals surface area (Å²) in [4.78, 5) is 3.37. The Labute approximate surface area is 52.3 Å². The van der Waals surface area contributed by atoms with E-state index in [1.54, 1.807) is 0 Å². The fourth-order valence-electron chi connectivity index (χ4n) is 0.456. The van der Waals surface area contributed by atoms with E-state index in [4.69, 9.17) is 0 Å². The number of hydrogen-bond donors (Lipinski definition) is 0. The fourth-order valence-corrected chi connectivity index (χ4v) is 0.456. The van der Waals surface area contributed by atoms with Crippen LogP contribution in [0.1, 0.15) is 0 Å². The van der Waals surface area contributed by atoms with Gasteiger partial charge in [-0.05, 0) is 6.07 Å². The summed E-state index contributed by atoms with van der Waals surface area (Å²) in [5.74, 6) is -0.329. The van der Waals surface area contributed by atoms with Gasteiger partial charge in [-0.2, -0.15) is 9.37 Å². The highest BCUT2D eigenvalue weighted by Crippen LogP contribution is 2.03. The van der Waals surface area contributed by atoms with E-state index in [0.29, 0.717) is 0 Å². The molecule has 1 aromatic heterocycles. The zero-order chi connectivity index (χ0) is 6.69. The van der Waals surface area contributed by atoms with E-state index in [2.05, 4.69) is 15.8 Å². The van der Waals surface area contributed by atoms with Crippen molar-refractivity contribution in [3.8, 4) is 5.88 Å². The van der Waals surface area contributed by atoms with Crippen LogP contribution in [0.2, 0.25) is 0 Å². The molecule has 2 nitrogen and oxygen atoms in total. The van der Waals surface area contributed by atoms with Crippen molar-refractivity contribution < 1.29 is 9.13 Å². The Bertz CT molecular complexity index is 202. The van der Waals surface area contributed by atoms with Gasteiger partial charge in [0.1, 0.15) is 0 Å². The van der Waals surface area contributed by atoms with Crippen LogP contribution in [-0.2, 0) is 0 Å². The minimum Gasteiger partial charge on any atom is -0.481 e. The second-order valence-corrected chi connectivity index (χ2v) is 1.43. The summed E-state index contributed by atoms with van der Waals surface area (Å²) in [6.45, 7) is 0. The Morgan fingerprint density at radius 1 is 1.67 bits per heavy atom. The molecule has 0 N–H and O–H groups in total. The van der Waals surface area contributed by atoms with Gasteiger partial charge < -0.3 is 4.74 Å². The molecule has 0 spiro atoms. The first-order chi connectivity index (χ1) is 4.33. The molecule has 0 aliphatic heterocycles. The Hall–Kier alpha value is -1.12. The summed E-state index contributed by atoms with van der Waals surface area (Å²) in [5, 5.41) is 0. The van der Waals surface area contributed by atoms with Crippen LogP contribution in [0.15, 0.2) is 12.1 Å². The molecule has 0 aromatic carbocycles. The Morgan fingerprint density at radius 3 is 2.89 bits per heavy atom. The monoisotopic (exact) mass is 126 g/mol. The number of aromatic nitrogens is 1. The van der Waals surface area contributed by atoms with Crippen LogP contribution in [0, 0.1) is 12.0 Å². The van der Waals surface area contributed by atoms with Crippen LogP contribution in [0.4, 0.5) is 4.39 Å². The van der Waals surface area contributed by atoms with Crippen molar-refractivity contribution in [3.63, 3.8) is 0 Å². The van der Waals surface area contributed by atoms with Gasteiger partial charge in [0.25, 0.3) is 0 Å². The van der Waals surface area contributed by atoms with Crippen molar-refractivity contribution >= 4 is 0 Å². The standard InChI is InChI=1S/C6H5FNO/c1-9-6-4-2-3-5(7)8-6/h3-4H,1H3. The normalized spacial score (nSPS) is 9.11. The SMILES string of the molecule is COc1c[c]cc(F)n1. The van der Waals surface area contributed by atoms with Crippen molar-refractivity contribution in [2.75, 3.05) is 7.11 Å². The Balaban J connectivity index is 2.94. The van der Waals surface area contributed by atoms with E-state index in [1.807, 2.05) is 0 Å². The molecule has 1 radical (unpaired) electrons. The maximum atomic E-state index is 12.1. The molecular formula is C6H5FNO. The lowest BCUT2D eigenvalue weighted by Crippen LogP contribution is -1.88. The first-order valence-electron chi connectivity index (χ1n) is 2.40. The highest BCUT2D eigenvalue weighted by molar-refractivity contribution is 5.08. The predicted octanol–water partition coefficient (Wildman–Crippen LogP) is 1.03. The zero-order valence-electron chi connectivity index (χ0n) is 4.89. The number of pyridine rings is 1. The van der Waals surface area contributed by atoms with Gasteiger partial charge in [-0.15, -0.1) is 0 Å². The highest BCUT2D eigenvalue weighted by atomic mass is 19.1. The molecular weight excluding hydrogens is 121 g/mol. The molecule has 0 saturated heterocycles. The molecule has 3 heteroatoms. The fraction of sp³-hybridized carbons (Fsp3) is 0.167. The van der Waals surface area contributed by atoms with Gasteiger partial charge in [0.2, 0.25) is 11.8 Å².